The van der Waals surface area contributed by atoms with Crippen LogP contribution in [0.5, 0.6) is 0 Å². The Morgan fingerprint density at radius 3 is 2.72 bits per heavy atom. The standard InChI is InChI=1S/C21H22N6O2/c1-12-8-27-11-17(24-19(27)7-22-12)16-6-15-4-5-18(25-20(15)29-21(16)28)26-9-13(2)23-14(3)10-26/h4-8,11,13-14,23H,9-10H2,1-3H3. The van der Waals surface area contributed by atoms with Crippen LogP contribution >= 0.6 is 0 Å². The first-order valence-corrected chi connectivity index (χ1v) is 9.74. The molecule has 1 fully saturated rings. The van der Waals surface area contributed by atoms with Crippen molar-refractivity contribution in [1.82, 2.24) is 24.7 Å². The van der Waals surface area contributed by atoms with Crippen molar-refractivity contribution in [3.05, 3.63) is 52.9 Å². The molecule has 0 amide bonds. The molecule has 2 atom stereocenters. The first-order valence-electron chi connectivity index (χ1n) is 9.74. The minimum atomic E-state index is -0.447. The molecular weight excluding hydrogens is 368 g/mol. The van der Waals surface area contributed by atoms with Crippen molar-refractivity contribution in [3.63, 3.8) is 0 Å². The number of imidazole rings is 1. The average Bonchev–Trinajstić information content (AvgIpc) is 3.09. The zero-order chi connectivity index (χ0) is 20.1. The van der Waals surface area contributed by atoms with Gasteiger partial charge in [0.25, 0.3) is 0 Å². The van der Waals surface area contributed by atoms with E-state index in [1.165, 1.54) is 0 Å². The second-order valence-corrected chi connectivity index (χ2v) is 7.81. The number of nitrogens with zero attached hydrogens (tertiary/aromatic N) is 5. The third kappa shape index (κ3) is 3.25. The first-order chi connectivity index (χ1) is 14.0. The zero-order valence-corrected chi connectivity index (χ0v) is 16.6. The van der Waals surface area contributed by atoms with Gasteiger partial charge in [-0.2, -0.15) is 4.98 Å². The van der Waals surface area contributed by atoms with Gasteiger partial charge in [0.1, 0.15) is 5.82 Å². The number of rotatable bonds is 2. The summed E-state index contributed by atoms with van der Waals surface area (Å²) in [6.07, 6.45) is 5.37. The lowest BCUT2D eigenvalue weighted by atomic mass is 10.1. The fourth-order valence-electron chi connectivity index (χ4n) is 3.99. The van der Waals surface area contributed by atoms with Crippen LogP contribution in [0, 0.1) is 6.92 Å². The van der Waals surface area contributed by atoms with Crippen molar-refractivity contribution in [2.45, 2.75) is 32.9 Å². The molecule has 8 nitrogen and oxygen atoms in total. The number of pyridine rings is 1. The fraction of sp³-hybridized carbons (Fsp3) is 0.333. The number of piperazine rings is 1. The van der Waals surface area contributed by atoms with Gasteiger partial charge in [-0.15, -0.1) is 0 Å². The van der Waals surface area contributed by atoms with Crippen LogP contribution in [0.2, 0.25) is 0 Å². The number of anilines is 1. The molecule has 2 unspecified atom stereocenters. The number of hydrogen-bond donors (Lipinski definition) is 1. The number of nitrogens with one attached hydrogen (secondary N) is 1. The Bertz CT molecular complexity index is 1270. The van der Waals surface area contributed by atoms with E-state index in [4.69, 9.17) is 4.42 Å². The van der Waals surface area contributed by atoms with Crippen LogP contribution in [-0.4, -0.2) is 44.5 Å². The summed E-state index contributed by atoms with van der Waals surface area (Å²) in [5.41, 5.74) is 2.43. The van der Waals surface area contributed by atoms with Gasteiger partial charge in [-0.25, -0.2) is 9.78 Å². The summed E-state index contributed by atoms with van der Waals surface area (Å²) < 4.78 is 7.43. The molecule has 1 aliphatic heterocycles. The highest BCUT2D eigenvalue weighted by molar-refractivity contribution is 5.80. The fourth-order valence-corrected chi connectivity index (χ4v) is 3.99. The highest BCUT2D eigenvalue weighted by Gasteiger charge is 2.22. The highest BCUT2D eigenvalue weighted by atomic mass is 16.4. The van der Waals surface area contributed by atoms with E-state index >= 15 is 0 Å². The molecule has 0 spiro atoms. The summed E-state index contributed by atoms with van der Waals surface area (Å²) in [6.45, 7) is 7.94. The molecule has 0 aliphatic carbocycles. The normalized spacial score (nSPS) is 19.9. The van der Waals surface area contributed by atoms with Crippen LogP contribution in [0.3, 0.4) is 0 Å². The molecular formula is C21H22N6O2. The molecule has 1 N–H and O–H groups in total. The smallest absolute Gasteiger partial charge is 0.347 e. The number of aromatic nitrogens is 4. The van der Waals surface area contributed by atoms with Gasteiger partial charge in [0, 0.05) is 43.0 Å². The van der Waals surface area contributed by atoms with E-state index in [9.17, 15) is 4.79 Å². The zero-order valence-electron chi connectivity index (χ0n) is 16.6. The number of fused-ring (bicyclic) bond motifs is 2. The van der Waals surface area contributed by atoms with Crippen LogP contribution in [-0.2, 0) is 0 Å². The van der Waals surface area contributed by atoms with Gasteiger partial charge in [-0.1, -0.05) is 0 Å². The molecule has 1 aliphatic rings. The van der Waals surface area contributed by atoms with Crippen molar-refractivity contribution in [2.75, 3.05) is 18.0 Å². The summed E-state index contributed by atoms with van der Waals surface area (Å²) in [5.74, 6) is 0.822. The third-order valence-electron chi connectivity index (χ3n) is 5.21. The number of hydrogen-bond acceptors (Lipinski definition) is 7. The van der Waals surface area contributed by atoms with Gasteiger partial charge < -0.3 is 19.0 Å². The lowest BCUT2D eigenvalue weighted by Crippen LogP contribution is -2.54. The molecule has 4 aromatic rings. The summed E-state index contributed by atoms with van der Waals surface area (Å²) in [4.78, 5) is 28.3. The Morgan fingerprint density at radius 1 is 1.14 bits per heavy atom. The minimum absolute atomic E-state index is 0.344. The van der Waals surface area contributed by atoms with Crippen LogP contribution in [0.25, 0.3) is 28.0 Å². The second-order valence-electron chi connectivity index (χ2n) is 7.81. The highest BCUT2D eigenvalue weighted by Crippen LogP contribution is 2.23. The monoisotopic (exact) mass is 390 g/mol. The Morgan fingerprint density at radius 2 is 1.93 bits per heavy atom. The second kappa shape index (κ2) is 6.66. The first kappa shape index (κ1) is 17.8. The van der Waals surface area contributed by atoms with E-state index < -0.39 is 5.63 Å². The topological polar surface area (TPSA) is 88.6 Å². The summed E-state index contributed by atoms with van der Waals surface area (Å²) in [5, 5.41) is 4.28. The van der Waals surface area contributed by atoms with Crippen LogP contribution in [0.15, 0.2) is 46.0 Å². The van der Waals surface area contributed by atoms with E-state index in [0.29, 0.717) is 34.7 Å². The maximum absolute atomic E-state index is 12.7. The Kier molecular flexibility index (Phi) is 4.09. The van der Waals surface area contributed by atoms with Gasteiger partial charge in [0.05, 0.1) is 23.1 Å². The molecule has 8 heteroatoms. The quantitative estimate of drug-likeness (QED) is 0.562. The maximum Gasteiger partial charge on any atom is 0.347 e. The number of aryl methyl sites for hydroxylation is 1. The van der Waals surface area contributed by atoms with Gasteiger partial charge in [0.15, 0.2) is 5.65 Å². The predicted molar refractivity (Wildman–Crippen MR) is 111 cm³/mol. The van der Waals surface area contributed by atoms with Crippen LogP contribution in [0.1, 0.15) is 19.5 Å². The molecule has 4 aromatic heterocycles. The van der Waals surface area contributed by atoms with E-state index in [0.717, 1.165) is 30.0 Å². The molecule has 0 aromatic carbocycles. The van der Waals surface area contributed by atoms with Crippen molar-refractivity contribution in [1.29, 1.82) is 0 Å². The molecule has 0 radical (unpaired) electrons. The van der Waals surface area contributed by atoms with Gasteiger partial charge in [-0.05, 0) is 39.0 Å². The maximum atomic E-state index is 12.7. The summed E-state index contributed by atoms with van der Waals surface area (Å²) >= 11 is 0. The molecule has 1 saturated heterocycles. The molecule has 0 saturated carbocycles. The van der Waals surface area contributed by atoms with Crippen LogP contribution < -0.4 is 15.8 Å². The minimum Gasteiger partial charge on any atom is -0.403 e. The summed E-state index contributed by atoms with van der Waals surface area (Å²) in [7, 11) is 0. The Hall–Kier alpha value is -3.26. The van der Waals surface area contributed by atoms with Gasteiger partial charge in [-0.3, -0.25) is 4.98 Å². The SMILES string of the molecule is Cc1cn2cc(-c3cc4ccc(N5CC(C)NC(C)C5)nc4oc3=O)nc2cn1. The van der Waals surface area contributed by atoms with Crippen molar-refractivity contribution in [2.24, 2.45) is 0 Å². The van der Waals surface area contributed by atoms with E-state index in [-0.39, 0.29) is 0 Å². The third-order valence-corrected chi connectivity index (χ3v) is 5.21. The van der Waals surface area contributed by atoms with Crippen molar-refractivity contribution >= 4 is 22.6 Å². The van der Waals surface area contributed by atoms with Gasteiger partial charge in [0.2, 0.25) is 5.71 Å². The molecule has 0 bridgehead atoms. The molecule has 29 heavy (non-hydrogen) atoms. The average molecular weight is 390 g/mol. The van der Waals surface area contributed by atoms with Gasteiger partial charge >= 0.3 is 5.63 Å². The summed E-state index contributed by atoms with van der Waals surface area (Å²) in [6, 6.07) is 6.47. The largest absolute Gasteiger partial charge is 0.403 e. The van der Waals surface area contributed by atoms with E-state index in [1.807, 2.05) is 35.9 Å². The van der Waals surface area contributed by atoms with Crippen LogP contribution in [0.4, 0.5) is 5.82 Å². The molecule has 5 heterocycles. The Balaban J connectivity index is 1.55. The predicted octanol–water partition coefficient (Wildman–Crippen LogP) is 2.39. The molecule has 148 valence electrons. The van der Waals surface area contributed by atoms with E-state index in [1.54, 1.807) is 12.3 Å². The lowest BCUT2D eigenvalue weighted by Gasteiger charge is -2.36. The molecule has 5 rings (SSSR count). The van der Waals surface area contributed by atoms with E-state index in [2.05, 4.69) is 39.0 Å². The Labute approximate surface area is 167 Å². The van der Waals surface area contributed by atoms with Crippen molar-refractivity contribution < 1.29 is 4.42 Å². The lowest BCUT2D eigenvalue weighted by molar-refractivity contribution is 0.405. The van der Waals surface area contributed by atoms with Crippen molar-refractivity contribution in [3.8, 4) is 11.3 Å².